The fourth-order valence-electron chi connectivity index (χ4n) is 2.12. The molecule has 1 saturated heterocycles. The minimum Gasteiger partial charge on any atom is -0.419 e. The average molecular weight is 259 g/mol. The van der Waals surface area contributed by atoms with Crippen LogP contribution in [0, 0.1) is 0 Å². The van der Waals surface area contributed by atoms with Crippen LogP contribution < -0.4 is 5.32 Å². The Morgan fingerprint density at radius 1 is 1.26 bits per heavy atom. The van der Waals surface area contributed by atoms with Gasteiger partial charge in [0.25, 0.3) is 0 Å². The Labute approximate surface area is 112 Å². The maximum absolute atomic E-state index is 5.65. The molecule has 1 aliphatic heterocycles. The van der Waals surface area contributed by atoms with Gasteiger partial charge in [0.2, 0.25) is 11.8 Å². The van der Waals surface area contributed by atoms with E-state index in [-0.39, 0.29) is 5.54 Å². The molecule has 3 rings (SSSR count). The third-order valence-corrected chi connectivity index (χ3v) is 3.37. The van der Waals surface area contributed by atoms with Crippen LogP contribution in [0.3, 0.4) is 0 Å². The van der Waals surface area contributed by atoms with Crippen LogP contribution in [-0.4, -0.2) is 29.0 Å². The number of hydrogen-bond acceptors (Lipinski definition) is 5. The van der Waals surface area contributed by atoms with E-state index in [9.17, 15) is 0 Å². The molecule has 100 valence electrons. The molecule has 1 aliphatic rings. The van der Waals surface area contributed by atoms with Crippen LogP contribution in [0.4, 0.5) is 0 Å². The van der Waals surface area contributed by atoms with E-state index in [1.165, 1.54) is 0 Å². The lowest BCUT2D eigenvalue weighted by atomic mass is 10.0. The number of aromatic nitrogens is 2. The molecule has 0 bridgehead atoms. The standard InChI is InChI=1S/C14H17N3O2/c1-14(7-8-18-10-14)15-9-12-16-17-13(19-12)11-5-3-2-4-6-11/h2-6,15H,7-10H2,1H3. The number of rotatable bonds is 4. The van der Waals surface area contributed by atoms with Crippen molar-refractivity contribution < 1.29 is 9.15 Å². The average Bonchev–Trinajstić information content (AvgIpc) is 3.07. The van der Waals surface area contributed by atoms with Crippen LogP contribution in [0.2, 0.25) is 0 Å². The van der Waals surface area contributed by atoms with Crippen LogP contribution >= 0.6 is 0 Å². The van der Waals surface area contributed by atoms with Crippen molar-refractivity contribution >= 4 is 0 Å². The third kappa shape index (κ3) is 2.83. The summed E-state index contributed by atoms with van der Waals surface area (Å²) in [5.74, 6) is 1.16. The van der Waals surface area contributed by atoms with Crippen LogP contribution in [0.5, 0.6) is 0 Å². The van der Waals surface area contributed by atoms with Gasteiger partial charge in [-0.1, -0.05) is 18.2 Å². The molecule has 1 atom stereocenters. The number of nitrogens with zero attached hydrogens (tertiary/aromatic N) is 2. The molecule has 1 aromatic carbocycles. The van der Waals surface area contributed by atoms with Gasteiger partial charge in [-0.05, 0) is 25.5 Å². The molecule has 1 N–H and O–H groups in total. The summed E-state index contributed by atoms with van der Waals surface area (Å²) in [7, 11) is 0. The Hall–Kier alpha value is -1.72. The van der Waals surface area contributed by atoms with E-state index < -0.39 is 0 Å². The molecule has 0 aliphatic carbocycles. The summed E-state index contributed by atoms with van der Waals surface area (Å²) in [5, 5.41) is 11.5. The van der Waals surface area contributed by atoms with E-state index in [2.05, 4.69) is 22.4 Å². The second-order valence-corrected chi connectivity index (χ2v) is 5.08. The lowest BCUT2D eigenvalue weighted by Gasteiger charge is -2.22. The summed E-state index contributed by atoms with van der Waals surface area (Å²) < 4.78 is 11.0. The molecule has 2 aromatic rings. The number of hydrogen-bond donors (Lipinski definition) is 1. The summed E-state index contributed by atoms with van der Waals surface area (Å²) >= 11 is 0. The van der Waals surface area contributed by atoms with Gasteiger partial charge < -0.3 is 14.5 Å². The maximum atomic E-state index is 5.65. The lowest BCUT2D eigenvalue weighted by Crippen LogP contribution is -2.42. The molecule has 0 radical (unpaired) electrons. The van der Waals surface area contributed by atoms with E-state index in [1.807, 2.05) is 30.3 Å². The van der Waals surface area contributed by atoms with Crippen molar-refractivity contribution in [3.63, 3.8) is 0 Å². The van der Waals surface area contributed by atoms with E-state index in [0.717, 1.165) is 25.2 Å². The summed E-state index contributed by atoms with van der Waals surface area (Å²) in [6, 6.07) is 9.78. The van der Waals surface area contributed by atoms with Crippen molar-refractivity contribution in [3.8, 4) is 11.5 Å². The maximum Gasteiger partial charge on any atom is 0.247 e. The zero-order valence-corrected chi connectivity index (χ0v) is 10.9. The molecule has 19 heavy (non-hydrogen) atoms. The first kappa shape index (κ1) is 12.3. The first-order valence-electron chi connectivity index (χ1n) is 6.46. The fourth-order valence-corrected chi connectivity index (χ4v) is 2.12. The minimum absolute atomic E-state index is 0.0153. The smallest absolute Gasteiger partial charge is 0.247 e. The Morgan fingerprint density at radius 2 is 2.11 bits per heavy atom. The van der Waals surface area contributed by atoms with Gasteiger partial charge in [-0.25, -0.2) is 0 Å². The predicted octanol–water partition coefficient (Wildman–Crippen LogP) is 2.01. The van der Waals surface area contributed by atoms with Gasteiger partial charge in [-0.3, -0.25) is 0 Å². The van der Waals surface area contributed by atoms with Gasteiger partial charge in [0.05, 0.1) is 13.2 Å². The number of nitrogens with one attached hydrogen (secondary N) is 1. The summed E-state index contributed by atoms with van der Waals surface area (Å²) in [4.78, 5) is 0. The molecule has 1 aromatic heterocycles. The Balaban J connectivity index is 1.65. The van der Waals surface area contributed by atoms with Gasteiger partial charge in [-0.2, -0.15) is 0 Å². The van der Waals surface area contributed by atoms with Crippen molar-refractivity contribution in [2.45, 2.75) is 25.4 Å². The van der Waals surface area contributed by atoms with E-state index >= 15 is 0 Å². The van der Waals surface area contributed by atoms with Crippen molar-refractivity contribution in [1.82, 2.24) is 15.5 Å². The van der Waals surface area contributed by atoms with Crippen LogP contribution in [0.25, 0.3) is 11.5 Å². The van der Waals surface area contributed by atoms with E-state index in [4.69, 9.17) is 9.15 Å². The van der Waals surface area contributed by atoms with Gasteiger partial charge in [0.1, 0.15) is 0 Å². The first-order chi connectivity index (χ1) is 9.25. The van der Waals surface area contributed by atoms with E-state index in [1.54, 1.807) is 0 Å². The van der Waals surface area contributed by atoms with Gasteiger partial charge >= 0.3 is 0 Å². The molecule has 1 unspecified atom stereocenters. The van der Waals surface area contributed by atoms with Gasteiger partial charge in [0, 0.05) is 17.7 Å². The molecule has 5 nitrogen and oxygen atoms in total. The van der Waals surface area contributed by atoms with Crippen molar-refractivity contribution in [2.75, 3.05) is 13.2 Å². The molecule has 2 heterocycles. The van der Waals surface area contributed by atoms with Gasteiger partial charge in [0.15, 0.2) is 0 Å². The van der Waals surface area contributed by atoms with Crippen molar-refractivity contribution in [1.29, 1.82) is 0 Å². The third-order valence-electron chi connectivity index (χ3n) is 3.37. The second kappa shape index (κ2) is 5.11. The van der Waals surface area contributed by atoms with Crippen LogP contribution in [0.1, 0.15) is 19.2 Å². The van der Waals surface area contributed by atoms with Crippen LogP contribution in [0.15, 0.2) is 34.7 Å². The van der Waals surface area contributed by atoms with Gasteiger partial charge in [-0.15, -0.1) is 10.2 Å². The monoisotopic (exact) mass is 259 g/mol. The lowest BCUT2D eigenvalue weighted by molar-refractivity contribution is 0.170. The van der Waals surface area contributed by atoms with Crippen LogP contribution in [-0.2, 0) is 11.3 Å². The first-order valence-corrected chi connectivity index (χ1v) is 6.46. The highest BCUT2D eigenvalue weighted by molar-refractivity contribution is 5.51. The highest BCUT2D eigenvalue weighted by atomic mass is 16.5. The van der Waals surface area contributed by atoms with Crippen molar-refractivity contribution in [3.05, 3.63) is 36.2 Å². The van der Waals surface area contributed by atoms with E-state index in [0.29, 0.717) is 18.3 Å². The molecule has 5 heteroatoms. The predicted molar refractivity (Wildman–Crippen MR) is 70.4 cm³/mol. The fraction of sp³-hybridized carbons (Fsp3) is 0.429. The topological polar surface area (TPSA) is 60.2 Å². The molecular formula is C14H17N3O2. The summed E-state index contributed by atoms with van der Waals surface area (Å²) in [6.45, 7) is 4.25. The number of ether oxygens (including phenoxy) is 1. The quantitative estimate of drug-likeness (QED) is 0.910. The molecule has 0 amide bonds. The zero-order valence-electron chi connectivity index (χ0n) is 10.9. The minimum atomic E-state index is 0.0153. The summed E-state index contributed by atoms with van der Waals surface area (Å²) in [6.07, 6.45) is 1.01. The normalized spacial score (nSPS) is 22.8. The SMILES string of the molecule is CC1(NCc2nnc(-c3ccccc3)o2)CCOC1. The Morgan fingerprint density at radius 3 is 2.84 bits per heavy atom. The Kier molecular flexibility index (Phi) is 3.31. The molecule has 1 fully saturated rings. The highest BCUT2D eigenvalue weighted by Crippen LogP contribution is 2.20. The highest BCUT2D eigenvalue weighted by Gasteiger charge is 2.29. The largest absolute Gasteiger partial charge is 0.419 e. The molecule has 0 spiro atoms. The Bertz CT molecular complexity index is 533. The zero-order chi connectivity index (χ0) is 13.1. The molecule has 0 saturated carbocycles. The van der Waals surface area contributed by atoms with Crippen molar-refractivity contribution in [2.24, 2.45) is 0 Å². The second-order valence-electron chi connectivity index (χ2n) is 5.08. The number of benzene rings is 1. The summed E-state index contributed by atoms with van der Waals surface area (Å²) in [5.41, 5.74) is 0.957. The molecular weight excluding hydrogens is 242 g/mol.